The van der Waals surface area contributed by atoms with Gasteiger partial charge in [-0.25, -0.2) is 0 Å². The highest BCUT2D eigenvalue weighted by Gasteiger charge is 2.16. The highest BCUT2D eigenvalue weighted by Crippen LogP contribution is 2.32. The number of hydrogen-bond acceptors (Lipinski definition) is 7. The molecule has 1 aliphatic heterocycles. The molecule has 0 unspecified atom stereocenters. The maximum atomic E-state index is 12.5. The summed E-state index contributed by atoms with van der Waals surface area (Å²) in [5, 5.41) is 14.7. The maximum Gasteiger partial charge on any atom is 0.231 e. The average Bonchev–Trinajstić information content (AvgIpc) is 3.62. The number of fused-ring (bicyclic) bond motifs is 1. The van der Waals surface area contributed by atoms with Gasteiger partial charge in [0.15, 0.2) is 16.7 Å². The van der Waals surface area contributed by atoms with Gasteiger partial charge in [-0.05, 0) is 41.1 Å². The van der Waals surface area contributed by atoms with Crippen molar-refractivity contribution in [2.45, 2.75) is 31.1 Å². The summed E-state index contributed by atoms with van der Waals surface area (Å²) in [5.74, 6) is 2.58. The standard InChI is InChI=1S/C25H24N4O3S2/c30-24(26-15-19-8-9-21-22(13-19)32-17-31-21)16-34-25-28-27-23(14-20-7-4-12-33-20)29(25)11-10-18-5-2-1-3-6-18/h1-9,12-13H,10-11,14-17H2,(H,26,30). The zero-order valence-corrected chi connectivity index (χ0v) is 20.1. The zero-order chi connectivity index (χ0) is 23.2. The smallest absolute Gasteiger partial charge is 0.231 e. The van der Waals surface area contributed by atoms with Gasteiger partial charge in [-0.1, -0.05) is 54.2 Å². The molecular weight excluding hydrogens is 468 g/mol. The molecular formula is C25H24N4O3S2. The van der Waals surface area contributed by atoms with E-state index in [1.54, 1.807) is 11.3 Å². The van der Waals surface area contributed by atoms with Crippen molar-refractivity contribution in [1.29, 1.82) is 0 Å². The van der Waals surface area contributed by atoms with Crippen molar-refractivity contribution in [2.24, 2.45) is 0 Å². The van der Waals surface area contributed by atoms with E-state index >= 15 is 0 Å². The fourth-order valence-corrected chi connectivity index (χ4v) is 5.18. The number of ether oxygens (including phenoxy) is 2. The highest BCUT2D eigenvalue weighted by atomic mass is 32.2. The number of benzene rings is 2. The minimum absolute atomic E-state index is 0.0555. The molecule has 9 heteroatoms. The lowest BCUT2D eigenvalue weighted by atomic mass is 10.1. The summed E-state index contributed by atoms with van der Waals surface area (Å²) in [4.78, 5) is 13.8. The molecule has 0 fully saturated rings. The molecule has 7 nitrogen and oxygen atoms in total. The Labute approximate surface area is 206 Å². The molecule has 1 aliphatic rings. The first kappa shape index (κ1) is 22.5. The van der Waals surface area contributed by atoms with Gasteiger partial charge in [-0.2, -0.15) is 0 Å². The van der Waals surface area contributed by atoms with E-state index < -0.39 is 0 Å². The van der Waals surface area contributed by atoms with E-state index in [9.17, 15) is 4.79 Å². The van der Waals surface area contributed by atoms with Crippen LogP contribution < -0.4 is 14.8 Å². The Hall–Kier alpha value is -3.30. The number of nitrogens with zero attached hydrogens (tertiary/aromatic N) is 3. The van der Waals surface area contributed by atoms with Crippen LogP contribution in [0.1, 0.15) is 21.8 Å². The number of aryl methyl sites for hydroxylation is 1. The van der Waals surface area contributed by atoms with Gasteiger partial charge in [0.05, 0.1) is 5.75 Å². The number of carbonyl (C=O) groups excluding carboxylic acids is 1. The summed E-state index contributed by atoms with van der Waals surface area (Å²) in [6.07, 6.45) is 1.61. The second-order valence-corrected chi connectivity index (χ2v) is 9.77. The summed E-state index contributed by atoms with van der Waals surface area (Å²) >= 11 is 3.13. The van der Waals surface area contributed by atoms with Crippen LogP contribution in [0.25, 0.3) is 0 Å². The third-order valence-corrected chi connectivity index (χ3v) is 7.27. The minimum atomic E-state index is -0.0555. The lowest BCUT2D eigenvalue weighted by molar-refractivity contribution is -0.118. The molecule has 1 amide bonds. The van der Waals surface area contributed by atoms with Crippen LogP contribution in [0.4, 0.5) is 0 Å². The summed E-state index contributed by atoms with van der Waals surface area (Å²) in [7, 11) is 0. The van der Waals surface area contributed by atoms with Gasteiger partial charge < -0.3 is 19.4 Å². The molecule has 2 aromatic heterocycles. The van der Waals surface area contributed by atoms with Crippen LogP contribution in [-0.2, 0) is 30.7 Å². The average molecular weight is 493 g/mol. The Kier molecular flexibility index (Phi) is 7.11. The van der Waals surface area contributed by atoms with Crippen LogP contribution in [-0.4, -0.2) is 33.2 Å². The first-order chi connectivity index (χ1) is 16.7. The van der Waals surface area contributed by atoms with Crippen LogP contribution in [0.2, 0.25) is 0 Å². The molecule has 0 spiro atoms. The molecule has 174 valence electrons. The van der Waals surface area contributed by atoms with Crippen LogP contribution in [0.15, 0.2) is 71.2 Å². The maximum absolute atomic E-state index is 12.5. The zero-order valence-electron chi connectivity index (χ0n) is 18.5. The number of thiophene rings is 1. The van der Waals surface area contributed by atoms with E-state index in [0.29, 0.717) is 12.3 Å². The van der Waals surface area contributed by atoms with Crippen LogP contribution in [0, 0.1) is 0 Å². The molecule has 0 radical (unpaired) electrons. The summed E-state index contributed by atoms with van der Waals surface area (Å²) in [5.41, 5.74) is 2.22. The third kappa shape index (κ3) is 5.60. The van der Waals surface area contributed by atoms with Crippen LogP contribution >= 0.6 is 23.1 Å². The number of thioether (sulfide) groups is 1. The van der Waals surface area contributed by atoms with Gasteiger partial charge in [-0.15, -0.1) is 21.5 Å². The number of aromatic nitrogens is 3. The molecule has 5 rings (SSSR count). The SMILES string of the molecule is O=C(CSc1nnc(Cc2cccs2)n1CCc1ccccc1)NCc1ccc2c(c1)OCO2. The van der Waals surface area contributed by atoms with Crippen molar-refractivity contribution in [3.63, 3.8) is 0 Å². The first-order valence-corrected chi connectivity index (χ1v) is 12.9. The quantitative estimate of drug-likeness (QED) is 0.333. The van der Waals surface area contributed by atoms with Gasteiger partial charge in [0.1, 0.15) is 5.82 Å². The van der Waals surface area contributed by atoms with Crippen LogP contribution in [0.3, 0.4) is 0 Å². The van der Waals surface area contributed by atoms with E-state index in [0.717, 1.165) is 41.7 Å². The number of hydrogen-bond donors (Lipinski definition) is 1. The second-order valence-electron chi connectivity index (χ2n) is 7.80. The van der Waals surface area contributed by atoms with Gasteiger partial charge in [0.2, 0.25) is 12.7 Å². The van der Waals surface area contributed by atoms with Crippen LogP contribution in [0.5, 0.6) is 11.5 Å². The fourth-order valence-electron chi connectivity index (χ4n) is 3.67. The predicted octanol–water partition coefficient (Wildman–Crippen LogP) is 4.31. The molecule has 0 atom stereocenters. The molecule has 0 bridgehead atoms. The van der Waals surface area contributed by atoms with Crippen molar-refractivity contribution in [2.75, 3.05) is 12.5 Å². The largest absolute Gasteiger partial charge is 0.454 e. The second kappa shape index (κ2) is 10.8. The van der Waals surface area contributed by atoms with E-state index in [4.69, 9.17) is 9.47 Å². The molecule has 2 aromatic carbocycles. The molecule has 0 saturated heterocycles. The number of nitrogens with one attached hydrogen (secondary N) is 1. The van der Waals surface area contributed by atoms with Gasteiger partial charge in [0.25, 0.3) is 0 Å². The fraction of sp³-hybridized carbons (Fsp3) is 0.240. The summed E-state index contributed by atoms with van der Waals surface area (Å²) < 4.78 is 12.9. The molecule has 0 aliphatic carbocycles. The van der Waals surface area contributed by atoms with Gasteiger partial charge in [-0.3, -0.25) is 4.79 Å². The lowest BCUT2D eigenvalue weighted by Crippen LogP contribution is -2.24. The van der Waals surface area contributed by atoms with Crippen molar-refractivity contribution in [1.82, 2.24) is 20.1 Å². The topological polar surface area (TPSA) is 78.3 Å². The van der Waals surface area contributed by atoms with Crippen molar-refractivity contribution in [3.05, 3.63) is 87.9 Å². The number of rotatable bonds is 10. The third-order valence-electron chi connectivity index (χ3n) is 5.43. The van der Waals surface area contributed by atoms with Gasteiger partial charge >= 0.3 is 0 Å². The monoisotopic (exact) mass is 492 g/mol. The van der Waals surface area contributed by atoms with Crippen molar-refractivity contribution in [3.8, 4) is 11.5 Å². The Morgan fingerprint density at radius 2 is 1.91 bits per heavy atom. The van der Waals surface area contributed by atoms with Crippen molar-refractivity contribution < 1.29 is 14.3 Å². The van der Waals surface area contributed by atoms with Crippen molar-refractivity contribution >= 4 is 29.0 Å². The van der Waals surface area contributed by atoms with Gasteiger partial charge in [0, 0.05) is 24.4 Å². The van der Waals surface area contributed by atoms with E-state index in [1.165, 1.54) is 22.2 Å². The first-order valence-electron chi connectivity index (χ1n) is 11.0. The molecule has 34 heavy (non-hydrogen) atoms. The molecule has 4 aromatic rings. The Balaban J connectivity index is 1.21. The highest BCUT2D eigenvalue weighted by molar-refractivity contribution is 7.99. The molecule has 0 saturated carbocycles. The van der Waals surface area contributed by atoms with E-state index in [2.05, 4.69) is 43.7 Å². The lowest BCUT2D eigenvalue weighted by Gasteiger charge is -2.10. The number of amides is 1. The number of carbonyl (C=O) groups is 1. The predicted molar refractivity (Wildman–Crippen MR) is 132 cm³/mol. The van der Waals surface area contributed by atoms with E-state index in [1.807, 2.05) is 42.5 Å². The normalized spacial score (nSPS) is 12.1. The Morgan fingerprint density at radius 1 is 1.03 bits per heavy atom. The Morgan fingerprint density at radius 3 is 2.76 bits per heavy atom. The van der Waals surface area contributed by atoms with E-state index in [-0.39, 0.29) is 18.5 Å². The summed E-state index contributed by atoms with van der Waals surface area (Å²) in [6, 6.07) is 20.2. The Bertz CT molecular complexity index is 1240. The molecule has 3 heterocycles. The minimum Gasteiger partial charge on any atom is -0.454 e. The summed E-state index contributed by atoms with van der Waals surface area (Å²) in [6.45, 7) is 1.43. The molecule has 1 N–H and O–H groups in total.